The van der Waals surface area contributed by atoms with Gasteiger partial charge in [-0.25, -0.2) is 19.6 Å². The second kappa shape index (κ2) is 17.7. The van der Waals surface area contributed by atoms with Crippen molar-refractivity contribution in [3.05, 3.63) is 158 Å². The van der Waals surface area contributed by atoms with Gasteiger partial charge in [0.15, 0.2) is 5.75 Å². The van der Waals surface area contributed by atoms with Crippen LogP contribution in [0.4, 0.5) is 10.0 Å². The van der Waals surface area contributed by atoms with Crippen LogP contribution in [0.1, 0.15) is 42.4 Å². The molecule has 0 bridgehead atoms. The number of aliphatic hydroxyl groups excluding tert-OH is 1. The number of carbonyl (C=O) groups excluding carboxylic acids is 3. The number of aliphatic hydroxyl groups is 1. The van der Waals surface area contributed by atoms with E-state index in [1.807, 2.05) is 54.6 Å². The minimum Gasteiger partial charge on any atom is -0.457 e. The van der Waals surface area contributed by atoms with Crippen molar-refractivity contribution < 1.29 is 33.7 Å². The van der Waals surface area contributed by atoms with E-state index < -0.39 is 29.4 Å². The number of fused-ring (bicyclic) bond motifs is 9. The number of ether oxygens (including phenoxy) is 3. The Bertz CT molecular complexity index is 3680. The number of nitrogens with zero attached hydrogens (tertiary/aromatic N) is 6. The largest absolute Gasteiger partial charge is 0.457 e. The predicted octanol–water partition coefficient (Wildman–Crippen LogP) is 11.1. The molecule has 0 radical (unpaired) electrons. The average molecular weight is 991 g/mol. The number of Topliss-reactive ketones (excluding diaryl/α,β-unsaturated/α-hetero) is 1. The molecule has 5 aliphatic rings. The molecule has 0 saturated heterocycles. The molecule has 1 atom stereocenters. The van der Waals surface area contributed by atoms with E-state index in [-0.39, 0.29) is 58.2 Å². The Morgan fingerprint density at radius 3 is 1.83 bits per heavy atom. The van der Waals surface area contributed by atoms with Gasteiger partial charge in [0, 0.05) is 21.4 Å². The van der Waals surface area contributed by atoms with Gasteiger partial charge >= 0.3 is 17.5 Å². The van der Waals surface area contributed by atoms with Gasteiger partial charge < -0.3 is 19.3 Å². The van der Waals surface area contributed by atoms with E-state index in [0.717, 1.165) is 22.7 Å². The number of hydrogen-bond donors (Lipinski definition) is 1. The summed E-state index contributed by atoms with van der Waals surface area (Å²) in [6.45, 7) is -0.420. The molecule has 2 fully saturated rings. The van der Waals surface area contributed by atoms with E-state index in [0.29, 0.717) is 97.7 Å². The van der Waals surface area contributed by atoms with Gasteiger partial charge in [-0.2, -0.15) is 21.0 Å². The van der Waals surface area contributed by atoms with Crippen LogP contribution in [0.3, 0.4) is 0 Å². The highest BCUT2D eigenvalue weighted by atomic mass is 32.1. The standard InChI is InChI=1S/C53H30N6O7S4/c54-21-29(22-55)39-31-15-7-9-17-33(31)44(60)42(39)58-37-19-35-47(69-37)41-49(67-35)50-46(66-53(41,51(62)64-25-27-11-3-1-4-12-27)52(63)65-26-28-13-5-2-6-14-28)48-36(68-50)20-38(70-48)59-43-40(30(23-56)24-57)32-16-8-10-18-34(32)45(43)61/h1-6,11-20,44,60H,7-10,25-26H2/b58-42-,59-43-. The fourth-order valence-electron chi connectivity index (χ4n) is 9.15. The molecule has 6 aromatic rings. The third-order valence-electron chi connectivity index (χ3n) is 12.3. The summed E-state index contributed by atoms with van der Waals surface area (Å²) in [7, 11) is 0. The van der Waals surface area contributed by atoms with Gasteiger partial charge in [-0.1, -0.05) is 85.0 Å². The van der Waals surface area contributed by atoms with Gasteiger partial charge in [-0.05, 0) is 65.7 Å². The fourth-order valence-corrected chi connectivity index (χ4v) is 14.3. The summed E-state index contributed by atoms with van der Waals surface area (Å²) in [6.07, 6.45) is 8.81. The first kappa shape index (κ1) is 44.4. The van der Waals surface area contributed by atoms with Crippen LogP contribution in [0.2, 0.25) is 0 Å². The van der Waals surface area contributed by atoms with Gasteiger partial charge in [0.25, 0.3) is 0 Å². The van der Waals surface area contributed by atoms with Gasteiger partial charge in [-0.15, -0.1) is 45.3 Å². The third kappa shape index (κ3) is 7.11. The van der Waals surface area contributed by atoms with Crippen molar-refractivity contribution in [2.75, 3.05) is 0 Å². The SMILES string of the molecule is N#CC(C#N)=C1C2=CCCC=C2C(=O)/C1=N\c1cc2sc3c(c2s1)OC(C(=O)OCc1ccccc1)(C(=O)OCc1ccccc1)c1c-3sc2cc(/N=C3/C(=C(C#N)C#N)C4=CCCC=C4C3O)sc12. The number of thiophene rings is 4. The lowest BCUT2D eigenvalue weighted by Crippen LogP contribution is -2.52. The van der Waals surface area contributed by atoms with Crippen LogP contribution >= 0.6 is 45.3 Å². The normalized spacial score (nSPS) is 18.5. The zero-order valence-corrected chi connectivity index (χ0v) is 39.5. The van der Waals surface area contributed by atoms with Gasteiger partial charge in [0.05, 0.1) is 35.1 Å². The van der Waals surface area contributed by atoms with Crippen LogP contribution in [-0.2, 0) is 42.7 Å². The Labute approximate surface area is 414 Å². The molecule has 17 heteroatoms. The van der Waals surface area contributed by atoms with Crippen molar-refractivity contribution in [3.63, 3.8) is 0 Å². The summed E-state index contributed by atoms with van der Waals surface area (Å²) in [4.78, 5) is 55.1. The molecule has 0 spiro atoms. The monoisotopic (exact) mass is 990 g/mol. The Morgan fingerprint density at radius 2 is 1.20 bits per heavy atom. The molecule has 0 amide bonds. The number of hydrogen-bond acceptors (Lipinski definition) is 17. The number of carbonyl (C=O) groups is 3. The zero-order chi connectivity index (χ0) is 48.3. The molecule has 1 N–H and O–H groups in total. The second-order valence-corrected chi connectivity index (χ2v) is 20.5. The van der Waals surface area contributed by atoms with Crippen molar-refractivity contribution in [2.45, 2.75) is 50.6 Å². The van der Waals surface area contributed by atoms with Crippen molar-refractivity contribution in [1.82, 2.24) is 0 Å². The molecule has 1 unspecified atom stereocenters. The van der Waals surface area contributed by atoms with Gasteiger partial charge in [0.2, 0.25) is 5.78 Å². The van der Waals surface area contributed by atoms with Crippen LogP contribution < -0.4 is 4.74 Å². The molecular weight excluding hydrogens is 961 g/mol. The summed E-state index contributed by atoms with van der Waals surface area (Å²) in [5, 5.41) is 52.2. The van der Waals surface area contributed by atoms with Crippen LogP contribution in [0.5, 0.6) is 5.75 Å². The number of benzene rings is 2. The summed E-state index contributed by atoms with van der Waals surface area (Å²) in [5.41, 5.74) is 1.15. The Balaban J connectivity index is 1.10. The van der Waals surface area contributed by atoms with Crippen LogP contribution in [0.15, 0.2) is 152 Å². The number of esters is 2. The van der Waals surface area contributed by atoms with Crippen LogP contribution in [-0.4, -0.2) is 40.4 Å². The number of aliphatic imine (C=N–C) groups is 2. The zero-order valence-electron chi connectivity index (χ0n) is 36.3. The molecule has 13 nitrogen and oxygen atoms in total. The minimum atomic E-state index is -2.55. The molecule has 1 aliphatic heterocycles. The maximum Gasteiger partial charge on any atom is 0.367 e. The highest BCUT2D eigenvalue weighted by Crippen LogP contribution is 2.62. The van der Waals surface area contributed by atoms with Crippen molar-refractivity contribution in [2.24, 2.45) is 9.98 Å². The maximum absolute atomic E-state index is 15.2. The topological polar surface area (TPSA) is 219 Å². The Kier molecular flexibility index (Phi) is 11.3. The van der Waals surface area contributed by atoms with Crippen molar-refractivity contribution in [3.8, 4) is 39.8 Å². The van der Waals surface area contributed by atoms with Crippen molar-refractivity contribution in [1.29, 1.82) is 21.0 Å². The summed E-state index contributed by atoms with van der Waals surface area (Å²) in [6, 6.07) is 29.3. The smallest absolute Gasteiger partial charge is 0.367 e. The lowest BCUT2D eigenvalue weighted by molar-refractivity contribution is -0.183. The predicted molar refractivity (Wildman–Crippen MR) is 266 cm³/mol. The number of allylic oxidation sites excluding steroid dienone is 9. The van der Waals surface area contributed by atoms with Crippen molar-refractivity contribution >= 4 is 103 Å². The summed E-state index contributed by atoms with van der Waals surface area (Å²) in [5.74, 6) is -2.28. The van der Waals surface area contributed by atoms with Gasteiger partial charge in [-0.3, -0.25) is 4.79 Å². The van der Waals surface area contributed by atoms with E-state index in [1.54, 1.807) is 66.7 Å². The second-order valence-electron chi connectivity index (χ2n) is 16.3. The molecule has 11 rings (SSSR count). The molecule has 2 aromatic carbocycles. The fraction of sp³-hybridized carbons (Fsp3) is 0.151. The van der Waals surface area contributed by atoms with E-state index in [4.69, 9.17) is 24.2 Å². The molecule has 4 aromatic heterocycles. The molecule has 5 heterocycles. The molecule has 338 valence electrons. The molecular formula is C53H30N6O7S4. The Hall–Kier alpha value is -8.13. The van der Waals surface area contributed by atoms with E-state index in [2.05, 4.69) is 0 Å². The average Bonchev–Trinajstić information content (AvgIpc) is 4.24. The lowest BCUT2D eigenvalue weighted by Gasteiger charge is -2.33. The Morgan fingerprint density at radius 1 is 0.671 bits per heavy atom. The van der Waals surface area contributed by atoms with E-state index in [1.165, 1.54) is 22.7 Å². The van der Waals surface area contributed by atoms with Gasteiger partial charge in [0.1, 0.15) is 70.5 Å². The quantitative estimate of drug-likeness (QED) is 0.0858. The minimum absolute atomic E-state index is 0.0268. The highest BCUT2D eigenvalue weighted by Gasteiger charge is 2.60. The summed E-state index contributed by atoms with van der Waals surface area (Å²) >= 11 is 4.93. The molecule has 2 saturated carbocycles. The van der Waals surface area contributed by atoms with E-state index in [9.17, 15) is 30.9 Å². The number of rotatable bonds is 8. The number of nitriles is 4. The maximum atomic E-state index is 15.2. The first-order valence-electron chi connectivity index (χ1n) is 21.7. The molecule has 4 aliphatic carbocycles. The number of ketones is 1. The first-order chi connectivity index (χ1) is 34.2. The van der Waals surface area contributed by atoms with Crippen LogP contribution in [0.25, 0.3) is 28.6 Å². The highest BCUT2D eigenvalue weighted by molar-refractivity contribution is 7.36. The van der Waals surface area contributed by atoms with Crippen LogP contribution in [0, 0.1) is 45.3 Å². The third-order valence-corrected chi connectivity index (χ3v) is 17.0. The first-order valence-corrected chi connectivity index (χ1v) is 25.0. The molecule has 70 heavy (non-hydrogen) atoms. The van der Waals surface area contributed by atoms with E-state index >= 15 is 9.59 Å². The summed E-state index contributed by atoms with van der Waals surface area (Å²) < 4.78 is 21.3. The lowest BCUT2D eigenvalue weighted by atomic mass is 9.90.